The Balaban J connectivity index is 1.75. The second kappa shape index (κ2) is 6.02. The van der Waals surface area contributed by atoms with Crippen LogP contribution in [0.5, 0.6) is 0 Å². The third kappa shape index (κ3) is 3.61. The molecule has 5 nitrogen and oxygen atoms in total. The summed E-state index contributed by atoms with van der Waals surface area (Å²) in [5.74, 6) is 0.941. The molecule has 0 spiro atoms. The molecule has 0 aliphatic heterocycles. The highest BCUT2D eigenvalue weighted by atomic mass is 32.2. The minimum Gasteiger partial charge on any atom is -0.340 e. The van der Waals surface area contributed by atoms with Crippen molar-refractivity contribution in [1.29, 1.82) is 0 Å². The Bertz CT molecular complexity index is 887. The third-order valence-corrected chi connectivity index (χ3v) is 5.01. The van der Waals surface area contributed by atoms with E-state index in [1.54, 1.807) is 17.7 Å². The number of anilines is 2. The molecular weight excluding hydrogens is 318 g/mol. The average Bonchev–Trinajstić information content (AvgIpc) is 2.95. The van der Waals surface area contributed by atoms with E-state index in [-0.39, 0.29) is 5.75 Å². The molecule has 0 amide bonds. The second-order valence-corrected chi connectivity index (χ2v) is 8.22. The lowest BCUT2D eigenvalue weighted by Crippen LogP contribution is -2.05. The van der Waals surface area contributed by atoms with Gasteiger partial charge in [-0.15, -0.1) is 11.3 Å². The van der Waals surface area contributed by atoms with Crippen molar-refractivity contribution < 1.29 is 8.42 Å². The lowest BCUT2D eigenvalue weighted by atomic mass is 10.1. The van der Waals surface area contributed by atoms with Gasteiger partial charge in [0.05, 0.1) is 11.1 Å². The number of thiophene rings is 1. The Morgan fingerprint density at radius 3 is 2.64 bits per heavy atom. The summed E-state index contributed by atoms with van der Waals surface area (Å²) in [5, 5.41) is 6.25. The number of aryl methyl sites for hydroxylation is 1. The lowest BCUT2D eigenvalue weighted by Gasteiger charge is -2.07. The van der Waals surface area contributed by atoms with Gasteiger partial charge in [-0.25, -0.2) is 18.4 Å². The van der Waals surface area contributed by atoms with Gasteiger partial charge in [-0.2, -0.15) is 0 Å². The largest absolute Gasteiger partial charge is 0.340 e. The smallest absolute Gasteiger partial charge is 0.147 e. The third-order valence-electron chi connectivity index (χ3n) is 3.24. The number of fused-ring (bicyclic) bond motifs is 1. The quantitative estimate of drug-likeness (QED) is 0.777. The minimum atomic E-state index is -2.93. The van der Waals surface area contributed by atoms with Gasteiger partial charge in [0.1, 0.15) is 26.8 Å². The molecule has 3 rings (SSSR count). The van der Waals surface area contributed by atoms with Gasteiger partial charge in [0.15, 0.2) is 0 Å². The maximum Gasteiger partial charge on any atom is 0.147 e. The molecule has 1 aromatic carbocycles. The highest BCUT2D eigenvalue weighted by Gasteiger charge is 2.06. The van der Waals surface area contributed by atoms with Crippen LogP contribution in [0.2, 0.25) is 0 Å². The van der Waals surface area contributed by atoms with Crippen molar-refractivity contribution in [2.24, 2.45) is 0 Å². The van der Waals surface area contributed by atoms with Crippen molar-refractivity contribution in [1.82, 2.24) is 9.97 Å². The number of rotatable bonds is 5. The van der Waals surface area contributed by atoms with Gasteiger partial charge in [-0.05, 0) is 35.6 Å². The summed E-state index contributed by atoms with van der Waals surface area (Å²) in [4.78, 5) is 9.43. The number of hydrogen-bond acceptors (Lipinski definition) is 6. The van der Waals surface area contributed by atoms with E-state index in [4.69, 9.17) is 0 Å². The Hall–Kier alpha value is -1.99. The maximum atomic E-state index is 11.2. The van der Waals surface area contributed by atoms with E-state index in [1.165, 1.54) is 6.26 Å². The van der Waals surface area contributed by atoms with Crippen LogP contribution in [-0.4, -0.2) is 30.4 Å². The molecule has 0 saturated carbocycles. The van der Waals surface area contributed by atoms with Crippen molar-refractivity contribution in [2.75, 3.05) is 17.3 Å². The molecule has 114 valence electrons. The molecular formula is C15H15N3O2S2. The lowest BCUT2D eigenvalue weighted by molar-refractivity contribution is 0.601. The number of nitrogens with one attached hydrogen (secondary N) is 1. The van der Waals surface area contributed by atoms with Crippen LogP contribution >= 0.6 is 11.3 Å². The molecule has 0 unspecified atom stereocenters. The van der Waals surface area contributed by atoms with Crippen LogP contribution in [0.3, 0.4) is 0 Å². The first kappa shape index (κ1) is 14.9. The first-order chi connectivity index (χ1) is 10.5. The fourth-order valence-corrected chi connectivity index (χ4v) is 3.42. The fraction of sp³-hybridized carbons (Fsp3) is 0.200. The molecule has 2 heterocycles. The highest BCUT2D eigenvalue weighted by Crippen LogP contribution is 2.26. The van der Waals surface area contributed by atoms with E-state index in [2.05, 4.69) is 15.3 Å². The van der Waals surface area contributed by atoms with Crippen molar-refractivity contribution in [3.05, 3.63) is 47.6 Å². The summed E-state index contributed by atoms with van der Waals surface area (Å²) in [6, 6.07) is 9.71. The summed E-state index contributed by atoms with van der Waals surface area (Å²) < 4.78 is 22.4. The van der Waals surface area contributed by atoms with E-state index in [9.17, 15) is 8.42 Å². The van der Waals surface area contributed by atoms with Crippen molar-refractivity contribution in [3.8, 4) is 0 Å². The van der Waals surface area contributed by atoms with Crippen LogP contribution in [-0.2, 0) is 16.3 Å². The zero-order chi connectivity index (χ0) is 15.6. The van der Waals surface area contributed by atoms with Crippen LogP contribution in [0.15, 0.2) is 42.0 Å². The van der Waals surface area contributed by atoms with E-state index in [0.717, 1.165) is 27.3 Å². The Kier molecular flexibility index (Phi) is 4.08. The number of benzene rings is 1. The molecule has 0 bridgehead atoms. The van der Waals surface area contributed by atoms with Crippen molar-refractivity contribution >= 4 is 42.9 Å². The van der Waals surface area contributed by atoms with Gasteiger partial charge in [0, 0.05) is 11.9 Å². The second-order valence-electron chi connectivity index (χ2n) is 5.06. The zero-order valence-electron chi connectivity index (χ0n) is 12.0. The molecule has 0 radical (unpaired) electrons. The van der Waals surface area contributed by atoms with Crippen LogP contribution in [0.25, 0.3) is 10.2 Å². The minimum absolute atomic E-state index is 0.168. The monoisotopic (exact) mass is 333 g/mol. The molecule has 0 fully saturated rings. The summed E-state index contributed by atoms with van der Waals surface area (Å²) in [7, 11) is -2.93. The van der Waals surface area contributed by atoms with Gasteiger partial charge >= 0.3 is 0 Å². The SMILES string of the molecule is CS(=O)(=O)CCc1ccc(Nc2ncnc3sccc23)cc1. The number of nitrogens with zero attached hydrogens (tertiary/aromatic N) is 2. The number of sulfone groups is 1. The first-order valence-corrected chi connectivity index (χ1v) is 9.67. The average molecular weight is 333 g/mol. The molecule has 3 aromatic rings. The standard InChI is InChI=1S/C15H15N3O2S2/c1-22(19,20)9-7-11-2-4-12(5-3-11)18-14-13-6-8-21-15(13)17-10-16-14/h2-6,8,10H,7,9H2,1H3,(H,16,17,18). The Labute approximate surface area is 133 Å². The topological polar surface area (TPSA) is 72.0 Å². The first-order valence-electron chi connectivity index (χ1n) is 6.73. The molecule has 1 N–H and O–H groups in total. The van der Waals surface area contributed by atoms with Crippen LogP contribution in [0, 0.1) is 0 Å². The summed E-state index contributed by atoms with van der Waals surface area (Å²) in [6.45, 7) is 0. The molecule has 22 heavy (non-hydrogen) atoms. The van der Waals surface area contributed by atoms with E-state index >= 15 is 0 Å². The fourth-order valence-electron chi connectivity index (χ4n) is 2.08. The zero-order valence-corrected chi connectivity index (χ0v) is 13.6. The number of hydrogen-bond donors (Lipinski definition) is 1. The van der Waals surface area contributed by atoms with Gasteiger partial charge in [-0.1, -0.05) is 12.1 Å². The van der Waals surface area contributed by atoms with Gasteiger partial charge < -0.3 is 5.32 Å². The van der Waals surface area contributed by atoms with Crippen LogP contribution in [0.1, 0.15) is 5.56 Å². The van der Waals surface area contributed by atoms with E-state index in [1.807, 2.05) is 35.7 Å². The molecule has 0 saturated heterocycles. The summed E-state index contributed by atoms with van der Waals surface area (Å²) >= 11 is 1.58. The molecule has 2 aromatic heterocycles. The molecule has 0 atom stereocenters. The predicted molar refractivity (Wildman–Crippen MR) is 90.6 cm³/mol. The normalized spacial score (nSPS) is 11.7. The van der Waals surface area contributed by atoms with E-state index < -0.39 is 9.84 Å². The maximum absolute atomic E-state index is 11.2. The Morgan fingerprint density at radius 2 is 1.91 bits per heavy atom. The van der Waals surface area contributed by atoms with E-state index in [0.29, 0.717) is 6.42 Å². The van der Waals surface area contributed by atoms with Gasteiger partial charge in [0.25, 0.3) is 0 Å². The highest BCUT2D eigenvalue weighted by molar-refractivity contribution is 7.90. The molecule has 7 heteroatoms. The Morgan fingerprint density at radius 1 is 1.14 bits per heavy atom. The van der Waals surface area contributed by atoms with Gasteiger partial charge in [0.2, 0.25) is 0 Å². The van der Waals surface area contributed by atoms with Crippen LogP contribution in [0.4, 0.5) is 11.5 Å². The summed E-state index contributed by atoms with van der Waals surface area (Å²) in [5.41, 5.74) is 1.91. The summed E-state index contributed by atoms with van der Waals surface area (Å²) in [6.07, 6.45) is 3.33. The molecule has 0 aliphatic carbocycles. The predicted octanol–water partition coefficient (Wildman–Crippen LogP) is 3.02. The van der Waals surface area contributed by atoms with Gasteiger partial charge in [-0.3, -0.25) is 0 Å². The number of aromatic nitrogens is 2. The van der Waals surface area contributed by atoms with Crippen molar-refractivity contribution in [3.63, 3.8) is 0 Å². The molecule has 0 aliphatic rings. The van der Waals surface area contributed by atoms with Crippen LogP contribution < -0.4 is 5.32 Å². The van der Waals surface area contributed by atoms with Crippen molar-refractivity contribution in [2.45, 2.75) is 6.42 Å².